The Morgan fingerprint density at radius 3 is 2.52 bits per heavy atom. The number of hydrogen-bond acceptors (Lipinski definition) is 5. The number of fused-ring (bicyclic) bond motifs is 1. The molecule has 0 unspecified atom stereocenters. The molecule has 0 N–H and O–H groups in total. The smallest absolute Gasteiger partial charge is 0.254 e. The van der Waals surface area contributed by atoms with Gasteiger partial charge in [-0.05, 0) is 60.4 Å². The number of aromatic nitrogens is 1. The SMILES string of the molecule is COc1cc(OC)cc(C(=O)N2CCC[C@@H]2c2nc3cc(-c4cccc(F)c4)ccc3o2)c1. The number of hydrogen-bond donors (Lipinski definition) is 0. The molecule has 1 saturated heterocycles. The third-order valence-corrected chi connectivity index (χ3v) is 5.96. The van der Waals surface area contributed by atoms with E-state index in [9.17, 15) is 9.18 Å². The fourth-order valence-electron chi connectivity index (χ4n) is 4.30. The largest absolute Gasteiger partial charge is 0.497 e. The van der Waals surface area contributed by atoms with Gasteiger partial charge in [0.15, 0.2) is 5.58 Å². The molecule has 2 heterocycles. The molecule has 1 aliphatic rings. The van der Waals surface area contributed by atoms with E-state index in [1.165, 1.54) is 12.1 Å². The van der Waals surface area contributed by atoms with Crippen LogP contribution in [0, 0.1) is 5.82 Å². The molecule has 0 bridgehead atoms. The van der Waals surface area contributed by atoms with Gasteiger partial charge in [0, 0.05) is 18.2 Å². The molecule has 3 aromatic carbocycles. The second-order valence-corrected chi connectivity index (χ2v) is 8.00. The van der Waals surface area contributed by atoms with E-state index in [4.69, 9.17) is 18.9 Å². The minimum atomic E-state index is -0.289. The Hall–Kier alpha value is -3.87. The molecule has 0 radical (unpaired) electrons. The Bertz CT molecular complexity index is 1310. The van der Waals surface area contributed by atoms with E-state index in [-0.39, 0.29) is 17.8 Å². The van der Waals surface area contributed by atoms with Gasteiger partial charge in [-0.3, -0.25) is 4.79 Å². The number of methoxy groups -OCH3 is 2. The first kappa shape index (κ1) is 21.0. The van der Waals surface area contributed by atoms with E-state index in [0.29, 0.717) is 40.6 Å². The van der Waals surface area contributed by atoms with Gasteiger partial charge in [-0.15, -0.1) is 0 Å². The standard InChI is InChI=1S/C26H23FN2O4/c1-31-20-12-18(13-21(15-20)32-2)26(30)29-10-4-7-23(29)25-28-22-14-17(8-9-24(22)33-25)16-5-3-6-19(27)11-16/h3,5-6,8-9,11-15,23H,4,7,10H2,1-2H3/t23-/m1/s1. The van der Waals surface area contributed by atoms with Crippen LogP contribution in [0.3, 0.4) is 0 Å². The average Bonchev–Trinajstić information content (AvgIpc) is 3.49. The Kier molecular flexibility index (Phi) is 5.46. The molecule has 1 aromatic heterocycles. The molecule has 7 heteroatoms. The van der Waals surface area contributed by atoms with E-state index in [2.05, 4.69) is 0 Å². The predicted molar refractivity (Wildman–Crippen MR) is 122 cm³/mol. The molecule has 1 amide bonds. The summed E-state index contributed by atoms with van der Waals surface area (Å²) in [7, 11) is 3.11. The summed E-state index contributed by atoms with van der Waals surface area (Å²) in [5.41, 5.74) is 3.42. The van der Waals surface area contributed by atoms with Crippen LogP contribution in [-0.4, -0.2) is 36.6 Å². The third-order valence-electron chi connectivity index (χ3n) is 5.96. The van der Waals surface area contributed by atoms with Crippen molar-refractivity contribution in [2.75, 3.05) is 20.8 Å². The van der Waals surface area contributed by atoms with E-state index in [1.807, 2.05) is 24.3 Å². The topological polar surface area (TPSA) is 64.8 Å². The lowest BCUT2D eigenvalue weighted by Gasteiger charge is -2.22. The van der Waals surface area contributed by atoms with Crippen LogP contribution in [-0.2, 0) is 0 Å². The zero-order valence-electron chi connectivity index (χ0n) is 18.4. The molecule has 1 atom stereocenters. The number of benzene rings is 3. The first-order valence-electron chi connectivity index (χ1n) is 10.8. The third kappa shape index (κ3) is 4.02. The number of amides is 1. The lowest BCUT2D eigenvalue weighted by atomic mass is 10.1. The highest BCUT2D eigenvalue weighted by Crippen LogP contribution is 2.36. The number of rotatable bonds is 5. The minimum absolute atomic E-state index is 0.127. The molecule has 0 spiro atoms. The highest BCUT2D eigenvalue weighted by molar-refractivity contribution is 5.95. The van der Waals surface area contributed by atoms with Crippen molar-refractivity contribution in [1.29, 1.82) is 0 Å². The molecule has 6 nitrogen and oxygen atoms in total. The average molecular weight is 446 g/mol. The summed E-state index contributed by atoms with van der Waals surface area (Å²) in [4.78, 5) is 19.8. The molecule has 1 aliphatic heterocycles. The van der Waals surface area contributed by atoms with Gasteiger partial charge in [0.2, 0.25) is 5.89 Å². The summed E-state index contributed by atoms with van der Waals surface area (Å²) in [6, 6.07) is 16.9. The molecule has 1 fully saturated rings. The van der Waals surface area contributed by atoms with Gasteiger partial charge in [-0.1, -0.05) is 18.2 Å². The first-order valence-corrected chi connectivity index (χ1v) is 10.8. The highest BCUT2D eigenvalue weighted by atomic mass is 19.1. The Morgan fingerprint density at radius 2 is 1.79 bits per heavy atom. The van der Waals surface area contributed by atoms with Crippen molar-refractivity contribution < 1.29 is 23.1 Å². The van der Waals surface area contributed by atoms with Crippen LogP contribution >= 0.6 is 0 Å². The maximum absolute atomic E-state index is 13.6. The lowest BCUT2D eigenvalue weighted by Crippen LogP contribution is -2.30. The van der Waals surface area contributed by atoms with Crippen LogP contribution in [0.5, 0.6) is 11.5 Å². The summed E-state index contributed by atoms with van der Waals surface area (Å²) in [5.74, 6) is 1.20. The Morgan fingerprint density at radius 1 is 1.03 bits per heavy atom. The zero-order valence-corrected chi connectivity index (χ0v) is 18.4. The molecule has 5 rings (SSSR count). The van der Waals surface area contributed by atoms with Crippen LogP contribution in [0.15, 0.2) is 65.1 Å². The van der Waals surface area contributed by atoms with Gasteiger partial charge in [0.25, 0.3) is 5.91 Å². The van der Waals surface area contributed by atoms with Gasteiger partial charge in [-0.2, -0.15) is 0 Å². The van der Waals surface area contributed by atoms with Gasteiger partial charge in [0.1, 0.15) is 28.9 Å². The first-order chi connectivity index (χ1) is 16.1. The normalized spacial score (nSPS) is 15.7. The second-order valence-electron chi connectivity index (χ2n) is 8.00. The number of oxazole rings is 1. The summed E-state index contributed by atoms with van der Waals surface area (Å²) in [6.07, 6.45) is 1.61. The lowest BCUT2D eigenvalue weighted by molar-refractivity contribution is 0.0716. The van der Waals surface area contributed by atoms with Crippen molar-refractivity contribution in [2.24, 2.45) is 0 Å². The number of likely N-dealkylation sites (tertiary alicyclic amines) is 1. The van der Waals surface area contributed by atoms with E-state index < -0.39 is 0 Å². The predicted octanol–water partition coefficient (Wildman–Crippen LogP) is 5.63. The monoisotopic (exact) mass is 446 g/mol. The van der Waals surface area contributed by atoms with Crippen LogP contribution in [0.2, 0.25) is 0 Å². The van der Waals surface area contributed by atoms with Crippen molar-refractivity contribution in [2.45, 2.75) is 18.9 Å². The van der Waals surface area contributed by atoms with Crippen molar-refractivity contribution >= 4 is 17.0 Å². The quantitative estimate of drug-likeness (QED) is 0.398. The van der Waals surface area contributed by atoms with Crippen LogP contribution in [0.1, 0.15) is 35.1 Å². The summed E-state index contributed by atoms with van der Waals surface area (Å²) < 4.78 is 30.3. The van der Waals surface area contributed by atoms with Crippen LogP contribution in [0.4, 0.5) is 4.39 Å². The second kappa shape index (κ2) is 8.58. The molecular formula is C26H23FN2O4. The maximum atomic E-state index is 13.6. The van der Waals surface area contributed by atoms with Gasteiger partial charge in [-0.25, -0.2) is 9.37 Å². The molecule has 0 saturated carbocycles. The Balaban J connectivity index is 1.46. The molecule has 4 aromatic rings. The van der Waals surface area contributed by atoms with E-state index in [1.54, 1.807) is 43.4 Å². The number of nitrogens with zero attached hydrogens (tertiary/aromatic N) is 2. The summed E-state index contributed by atoms with van der Waals surface area (Å²) in [5, 5.41) is 0. The Labute approximate surface area is 190 Å². The van der Waals surface area contributed by atoms with Crippen molar-refractivity contribution in [3.8, 4) is 22.6 Å². The number of carbonyl (C=O) groups excluding carboxylic acids is 1. The number of ether oxygens (including phenoxy) is 2. The highest BCUT2D eigenvalue weighted by Gasteiger charge is 2.34. The number of carbonyl (C=O) groups is 1. The summed E-state index contributed by atoms with van der Waals surface area (Å²) in [6.45, 7) is 0.607. The minimum Gasteiger partial charge on any atom is -0.497 e. The van der Waals surface area contributed by atoms with Gasteiger partial charge >= 0.3 is 0 Å². The molecule has 168 valence electrons. The van der Waals surface area contributed by atoms with Crippen LogP contribution < -0.4 is 9.47 Å². The van der Waals surface area contributed by atoms with E-state index >= 15 is 0 Å². The molecule has 33 heavy (non-hydrogen) atoms. The maximum Gasteiger partial charge on any atom is 0.254 e. The van der Waals surface area contributed by atoms with Gasteiger partial charge < -0.3 is 18.8 Å². The van der Waals surface area contributed by atoms with Crippen molar-refractivity contribution in [3.63, 3.8) is 0 Å². The molecular weight excluding hydrogens is 423 g/mol. The fraction of sp³-hybridized carbons (Fsp3) is 0.231. The van der Waals surface area contributed by atoms with E-state index in [0.717, 1.165) is 24.0 Å². The van der Waals surface area contributed by atoms with Crippen molar-refractivity contribution in [1.82, 2.24) is 9.88 Å². The zero-order chi connectivity index (χ0) is 22.9. The fourth-order valence-corrected chi connectivity index (χ4v) is 4.30. The van der Waals surface area contributed by atoms with Crippen LogP contribution in [0.25, 0.3) is 22.2 Å². The van der Waals surface area contributed by atoms with Crippen molar-refractivity contribution in [3.05, 3.63) is 77.9 Å². The number of halogens is 1. The van der Waals surface area contributed by atoms with Gasteiger partial charge in [0.05, 0.1) is 14.2 Å². The molecule has 0 aliphatic carbocycles. The summed E-state index contributed by atoms with van der Waals surface area (Å²) >= 11 is 0.